The number of benzene rings is 1. The third-order valence-corrected chi connectivity index (χ3v) is 4.85. The minimum absolute atomic E-state index is 0.169. The summed E-state index contributed by atoms with van der Waals surface area (Å²) in [6.45, 7) is 7.01. The molecule has 1 saturated carbocycles. The largest absolute Gasteiger partial charge is 0.396 e. The number of hydrogen-bond donors (Lipinski definition) is 2. The van der Waals surface area contributed by atoms with Crippen LogP contribution in [0, 0.1) is 5.41 Å². The summed E-state index contributed by atoms with van der Waals surface area (Å²) >= 11 is 0. The number of anilines is 1. The molecule has 1 aromatic carbocycles. The number of ether oxygens (including phenoxy) is 1. The number of morpholine rings is 1. The van der Waals surface area contributed by atoms with E-state index >= 15 is 0 Å². The molecule has 4 nitrogen and oxygen atoms in total. The van der Waals surface area contributed by atoms with E-state index in [9.17, 15) is 5.11 Å². The summed E-state index contributed by atoms with van der Waals surface area (Å²) in [5, 5.41) is 12.9. The number of nitrogens with one attached hydrogen (secondary N) is 1. The summed E-state index contributed by atoms with van der Waals surface area (Å²) < 4.78 is 5.39. The fourth-order valence-electron chi connectivity index (χ4n) is 2.85. The maximum atomic E-state index is 9.36. The average Bonchev–Trinajstić information content (AvgIpc) is 3.34. The van der Waals surface area contributed by atoms with Gasteiger partial charge >= 0.3 is 0 Å². The third kappa shape index (κ3) is 3.57. The molecule has 2 N–H and O–H groups in total. The second kappa shape index (κ2) is 6.34. The van der Waals surface area contributed by atoms with Crippen molar-refractivity contribution in [1.82, 2.24) is 5.32 Å². The van der Waals surface area contributed by atoms with Gasteiger partial charge in [-0.05, 0) is 37.5 Å². The summed E-state index contributed by atoms with van der Waals surface area (Å²) in [5.41, 5.74) is 2.76. The molecular formula is C17H26N2O2. The zero-order valence-corrected chi connectivity index (χ0v) is 12.8. The lowest BCUT2D eigenvalue weighted by molar-refractivity contribution is 0.122. The topological polar surface area (TPSA) is 44.7 Å². The van der Waals surface area contributed by atoms with E-state index in [0.29, 0.717) is 12.6 Å². The molecule has 2 aliphatic rings. The summed E-state index contributed by atoms with van der Waals surface area (Å²) in [7, 11) is 0. The smallest absolute Gasteiger partial charge is 0.0642 e. The molecule has 1 saturated heterocycles. The van der Waals surface area contributed by atoms with E-state index in [1.807, 2.05) is 0 Å². The SMILES string of the molecule is CC(NCC1(CO)CC1)c1ccc(N2CCOCC2)cc1. The molecule has 2 fully saturated rings. The first-order chi connectivity index (χ1) is 10.2. The van der Waals surface area contributed by atoms with Crippen LogP contribution in [0.25, 0.3) is 0 Å². The van der Waals surface area contributed by atoms with Crippen molar-refractivity contribution in [1.29, 1.82) is 0 Å². The molecule has 1 aliphatic carbocycles. The van der Waals surface area contributed by atoms with E-state index in [2.05, 4.69) is 41.4 Å². The zero-order valence-electron chi connectivity index (χ0n) is 12.8. The molecule has 3 rings (SSSR count). The van der Waals surface area contributed by atoms with Crippen LogP contribution in [0.1, 0.15) is 31.4 Å². The Morgan fingerprint density at radius 3 is 2.48 bits per heavy atom. The minimum atomic E-state index is 0.169. The molecule has 1 heterocycles. The van der Waals surface area contributed by atoms with E-state index in [-0.39, 0.29) is 5.41 Å². The van der Waals surface area contributed by atoms with Gasteiger partial charge in [-0.1, -0.05) is 12.1 Å². The first-order valence-electron chi connectivity index (χ1n) is 7.99. The van der Waals surface area contributed by atoms with Crippen LogP contribution in [-0.2, 0) is 4.74 Å². The summed E-state index contributed by atoms with van der Waals surface area (Å²) in [6, 6.07) is 9.16. The minimum Gasteiger partial charge on any atom is -0.396 e. The van der Waals surface area contributed by atoms with Crippen LogP contribution in [0.5, 0.6) is 0 Å². The highest BCUT2D eigenvalue weighted by atomic mass is 16.5. The van der Waals surface area contributed by atoms with Crippen molar-refractivity contribution in [3.63, 3.8) is 0 Å². The van der Waals surface area contributed by atoms with E-state index in [4.69, 9.17) is 4.74 Å². The highest BCUT2D eigenvalue weighted by Crippen LogP contribution is 2.44. The average molecular weight is 290 g/mol. The normalized spacial score (nSPS) is 22.1. The standard InChI is InChI=1S/C17H26N2O2/c1-14(18-12-17(13-20)6-7-17)15-2-4-16(5-3-15)19-8-10-21-11-9-19/h2-5,14,18,20H,6-13H2,1H3. The van der Waals surface area contributed by atoms with Gasteiger partial charge in [0.05, 0.1) is 13.2 Å². The third-order valence-electron chi connectivity index (χ3n) is 4.85. The molecule has 0 amide bonds. The highest BCUT2D eigenvalue weighted by molar-refractivity contribution is 5.48. The molecule has 0 aromatic heterocycles. The molecule has 1 aromatic rings. The van der Waals surface area contributed by atoms with Crippen molar-refractivity contribution >= 4 is 5.69 Å². The Kier molecular flexibility index (Phi) is 4.48. The van der Waals surface area contributed by atoms with Crippen molar-refractivity contribution in [2.24, 2.45) is 5.41 Å². The lowest BCUT2D eigenvalue weighted by Gasteiger charge is -2.29. The lowest BCUT2D eigenvalue weighted by Crippen LogP contribution is -2.36. The fourth-order valence-corrected chi connectivity index (χ4v) is 2.85. The molecule has 4 heteroatoms. The van der Waals surface area contributed by atoms with Crippen molar-refractivity contribution in [3.8, 4) is 0 Å². The van der Waals surface area contributed by atoms with Crippen LogP contribution in [0.4, 0.5) is 5.69 Å². The van der Waals surface area contributed by atoms with Crippen LogP contribution in [-0.4, -0.2) is 44.6 Å². The van der Waals surface area contributed by atoms with Crippen molar-refractivity contribution in [3.05, 3.63) is 29.8 Å². The molecule has 1 unspecified atom stereocenters. The van der Waals surface area contributed by atoms with Gasteiger partial charge in [-0.15, -0.1) is 0 Å². The Hall–Kier alpha value is -1.10. The first-order valence-corrected chi connectivity index (χ1v) is 7.99. The Morgan fingerprint density at radius 2 is 1.90 bits per heavy atom. The maximum Gasteiger partial charge on any atom is 0.0642 e. The Balaban J connectivity index is 1.55. The summed E-state index contributed by atoms with van der Waals surface area (Å²) in [4.78, 5) is 2.37. The van der Waals surface area contributed by atoms with Gasteiger partial charge in [-0.25, -0.2) is 0 Å². The number of aliphatic hydroxyl groups excluding tert-OH is 1. The maximum absolute atomic E-state index is 9.36. The van der Waals surface area contributed by atoms with Gasteiger partial charge in [0.25, 0.3) is 0 Å². The zero-order chi connectivity index (χ0) is 14.7. The number of aliphatic hydroxyl groups is 1. The monoisotopic (exact) mass is 290 g/mol. The molecule has 0 radical (unpaired) electrons. The second-order valence-corrected chi connectivity index (χ2v) is 6.45. The molecule has 1 atom stereocenters. The Labute approximate surface area is 127 Å². The quantitative estimate of drug-likeness (QED) is 0.840. The summed E-state index contributed by atoms with van der Waals surface area (Å²) in [6.07, 6.45) is 2.30. The molecule has 0 spiro atoms. The van der Waals surface area contributed by atoms with Crippen LogP contribution in [0.2, 0.25) is 0 Å². The molecular weight excluding hydrogens is 264 g/mol. The van der Waals surface area contributed by atoms with Crippen molar-refractivity contribution in [2.75, 3.05) is 44.4 Å². The van der Waals surface area contributed by atoms with Crippen molar-refractivity contribution in [2.45, 2.75) is 25.8 Å². The van der Waals surface area contributed by atoms with Crippen molar-refractivity contribution < 1.29 is 9.84 Å². The van der Waals surface area contributed by atoms with E-state index in [1.165, 1.54) is 11.3 Å². The first kappa shape index (κ1) is 14.8. The van der Waals surface area contributed by atoms with E-state index < -0.39 is 0 Å². The molecule has 0 bridgehead atoms. The fraction of sp³-hybridized carbons (Fsp3) is 0.647. The van der Waals surface area contributed by atoms with Crippen LogP contribution in [0.15, 0.2) is 24.3 Å². The van der Waals surface area contributed by atoms with Gasteiger partial charge in [0.1, 0.15) is 0 Å². The predicted molar refractivity (Wildman–Crippen MR) is 84.6 cm³/mol. The van der Waals surface area contributed by atoms with Gasteiger partial charge in [-0.3, -0.25) is 0 Å². The molecule has 116 valence electrons. The van der Waals surface area contributed by atoms with Crippen LogP contribution >= 0.6 is 0 Å². The Morgan fingerprint density at radius 1 is 1.24 bits per heavy atom. The van der Waals surface area contributed by atoms with Gasteiger partial charge in [0, 0.05) is 43.4 Å². The van der Waals surface area contributed by atoms with Crippen LogP contribution < -0.4 is 10.2 Å². The Bertz CT molecular complexity index is 450. The number of nitrogens with zero attached hydrogens (tertiary/aromatic N) is 1. The highest BCUT2D eigenvalue weighted by Gasteiger charge is 2.41. The lowest BCUT2D eigenvalue weighted by atomic mass is 10.0. The second-order valence-electron chi connectivity index (χ2n) is 6.45. The predicted octanol–water partition coefficient (Wildman–Crippen LogP) is 1.95. The van der Waals surface area contributed by atoms with E-state index in [0.717, 1.165) is 45.7 Å². The van der Waals surface area contributed by atoms with Gasteiger partial charge in [0.15, 0.2) is 0 Å². The van der Waals surface area contributed by atoms with Gasteiger partial charge < -0.3 is 20.1 Å². The molecule has 21 heavy (non-hydrogen) atoms. The van der Waals surface area contributed by atoms with Crippen LogP contribution in [0.3, 0.4) is 0 Å². The summed E-state index contributed by atoms with van der Waals surface area (Å²) in [5.74, 6) is 0. The van der Waals surface area contributed by atoms with Gasteiger partial charge in [-0.2, -0.15) is 0 Å². The number of rotatable bonds is 6. The van der Waals surface area contributed by atoms with Gasteiger partial charge in [0.2, 0.25) is 0 Å². The molecule has 1 aliphatic heterocycles. The van der Waals surface area contributed by atoms with E-state index in [1.54, 1.807) is 0 Å². The number of hydrogen-bond acceptors (Lipinski definition) is 4.